The van der Waals surface area contributed by atoms with Crippen molar-refractivity contribution in [2.24, 2.45) is 0 Å². The minimum atomic E-state index is -0.471. The summed E-state index contributed by atoms with van der Waals surface area (Å²) >= 11 is 0. The predicted octanol–water partition coefficient (Wildman–Crippen LogP) is 2.29. The van der Waals surface area contributed by atoms with Crippen molar-refractivity contribution in [3.63, 3.8) is 0 Å². The van der Waals surface area contributed by atoms with Gasteiger partial charge in [-0.1, -0.05) is 29.8 Å². The van der Waals surface area contributed by atoms with Crippen molar-refractivity contribution in [1.29, 1.82) is 0 Å². The number of carbonyl (C=O) groups is 1. The van der Waals surface area contributed by atoms with Gasteiger partial charge in [-0.05, 0) is 24.6 Å². The molecule has 2 heterocycles. The van der Waals surface area contributed by atoms with E-state index in [0.717, 1.165) is 11.1 Å². The number of aryl methyl sites for hydroxylation is 1. The average molecular weight is 432 g/mol. The molecule has 0 aliphatic rings. The molecule has 162 valence electrons. The largest absolute Gasteiger partial charge is 0.350 e. The molecule has 0 unspecified atom stereocenters. The first-order valence-electron chi connectivity index (χ1n) is 9.91. The Balaban J connectivity index is 1.45. The highest BCUT2D eigenvalue weighted by atomic mass is 16.6. The van der Waals surface area contributed by atoms with E-state index >= 15 is 0 Å². The summed E-state index contributed by atoms with van der Waals surface area (Å²) in [7, 11) is 0. The Labute approximate surface area is 182 Å². The van der Waals surface area contributed by atoms with Crippen LogP contribution in [-0.2, 0) is 13.1 Å². The van der Waals surface area contributed by atoms with Crippen molar-refractivity contribution >= 4 is 22.6 Å². The van der Waals surface area contributed by atoms with Gasteiger partial charge in [-0.3, -0.25) is 24.3 Å². The van der Waals surface area contributed by atoms with E-state index in [1.807, 2.05) is 25.1 Å². The third-order valence-electron chi connectivity index (χ3n) is 5.01. The van der Waals surface area contributed by atoms with Crippen molar-refractivity contribution in [1.82, 2.24) is 24.6 Å². The van der Waals surface area contributed by atoms with Crippen LogP contribution in [0.3, 0.4) is 0 Å². The second-order valence-electron chi connectivity index (χ2n) is 7.33. The zero-order valence-electron chi connectivity index (χ0n) is 17.3. The molecule has 4 aromatic rings. The molecule has 10 heteroatoms. The molecule has 0 bridgehead atoms. The number of aromatic nitrogens is 4. The van der Waals surface area contributed by atoms with Crippen molar-refractivity contribution in [3.8, 4) is 0 Å². The lowest BCUT2D eigenvalue weighted by Crippen LogP contribution is -2.27. The van der Waals surface area contributed by atoms with Crippen LogP contribution in [0.1, 0.15) is 21.5 Å². The smallest absolute Gasteiger partial charge is 0.269 e. The first kappa shape index (κ1) is 20.9. The lowest BCUT2D eigenvalue weighted by atomic mass is 10.1. The summed E-state index contributed by atoms with van der Waals surface area (Å²) in [6, 6.07) is 13.3. The summed E-state index contributed by atoms with van der Waals surface area (Å²) in [6.45, 7) is 2.85. The average Bonchev–Trinajstić information content (AvgIpc) is 3.19. The SMILES string of the molecule is Cc1cccc(C(=O)NCCn2ncc3c(=O)n(Cc4ccc([N+](=O)[O-])cc4)cnc32)c1. The summed E-state index contributed by atoms with van der Waals surface area (Å²) in [5, 5.41) is 18.2. The van der Waals surface area contributed by atoms with Gasteiger partial charge in [0.2, 0.25) is 0 Å². The number of amides is 1. The van der Waals surface area contributed by atoms with Gasteiger partial charge < -0.3 is 5.32 Å². The maximum atomic E-state index is 12.8. The zero-order chi connectivity index (χ0) is 22.7. The van der Waals surface area contributed by atoms with E-state index < -0.39 is 4.92 Å². The molecule has 0 saturated heterocycles. The van der Waals surface area contributed by atoms with Crippen LogP contribution < -0.4 is 10.9 Å². The monoisotopic (exact) mass is 432 g/mol. The van der Waals surface area contributed by atoms with Crippen molar-refractivity contribution in [3.05, 3.63) is 98.2 Å². The van der Waals surface area contributed by atoms with Crippen molar-refractivity contribution in [2.75, 3.05) is 6.54 Å². The third-order valence-corrected chi connectivity index (χ3v) is 5.01. The number of nitro benzene ring substituents is 1. The Kier molecular flexibility index (Phi) is 5.75. The third kappa shape index (κ3) is 4.38. The van der Waals surface area contributed by atoms with E-state index in [1.165, 1.54) is 29.2 Å². The molecule has 0 atom stereocenters. The van der Waals surface area contributed by atoms with Gasteiger partial charge in [0.05, 0.1) is 24.2 Å². The van der Waals surface area contributed by atoms with Crippen LogP contribution in [-0.4, -0.2) is 36.7 Å². The van der Waals surface area contributed by atoms with E-state index in [-0.39, 0.29) is 23.7 Å². The number of rotatable bonds is 7. The normalized spacial score (nSPS) is 10.9. The lowest BCUT2D eigenvalue weighted by Gasteiger charge is -2.08. The van der Waals surface area contributed by atoms with Crippen LogP contribution in [0, 0.1) is 17.0 Å². The Morgan fingerprint density at radius 1 is 1.19 bits per heavy atom. The molecular formula is C22H20N6O4. The molecule has 0 saturated carbocycles. The number of hydrogen-bond acceptors (Lipinski definition) is 6. The molecule has 2 aromatic heterocycles. The highest BCUT2D eigenvalue weighted by Crippen LogP contribution is 2.13. The number of benzene rings is 2. The predicted molar refractivity (Wildman–Crippen MR) is 117 cm³/mol. The standard InChI is InChI=1S/C22H20N6O4/c1-15-3-2-4-17(11-15)21(29)23-9-10-27-20-19(12-25-27)22(30)26(14-24-20)13-16-5-7-18(8-6-16)28(31)32/h2-8,11-12,14H,9-10,13H2,1H3,(H,23,29). The first-order valence-corrected chi connectivity index (χ1v) is 9.91. The molecule has 2 aromatic carbocycles. The second-order valence-corrected chi connectivity index (χ2v) is 7.33. The maximum absolute atomic E-state index is 12.8. The molecule has 4 rings (SSSR count). The van der Waals surface area contributed by atoms with Crippen LogP contribution in [0.4, 0.5) is 5.69 Å². The van der Waals surface area contributed by atoms with Gasteiger partial charge in [-0.15, -0.1) is 0 Å². The van der Waals surface area contributed by atoms with E-state index in [0.29, 0.717) is 29.7 Å². The van der Waals surface area contributed by atoms with Crippen LogP contribution in [0.2, 0.25) is 0 Å². The molecule has 32 heavy (non-hydrogen) atoms. The van der Waals surface area contributed by atoms with Gasteiger partial charge in [0.25, 0.3) is 17.2 Å². The van der Waals surface area contributed by atoms with Crippen LogP contribution >= 0.6 is 0 Å². The highest BCUT2D eigenvalue weighted by molar-refractivity contribution is 5.94. The summed E-state index contributed by atoms with van der Waals surface area (Å²) in [4.78, 5) is 39.7. The fourth-order valence-corrected chi connectivity index (χ4v) is 3.36. The van der Waals surface area contributed by atoms with Gasteiger partial charge >= 0.3 is 0 Å². The van der Waals surface area contributed by atoms with Crippen molar-refractivity contribution < 1.29 is 9.72 Å². The van der Waals surface area contributed by atoms with Gasteiger partial charge in [-0.25, -0.2) is 9.67 Å². The van der Waals surface area contributed by atoms with Gasteiger partial charge in [0.1, 0.15) is 11.7 Å². The number of nitrogens with one attached hydrogen (secondary N) is 1. The Bertz CT molecular complexity index is 1360. The molecule has 0 aliphatic heterocycles. The van der Waals surface area contributed by atoms with E-state index in [9.17, 15) is 19.7 Å². The minimum absolute atomic E-state index is 0.00885. The fraction of sp³-hybridized carbons (Fsp3) is 0.182. The van der Waals surface area contributed by atoms with E-state index in [2.05, 4.69) is 15.4 Å². The zero-order valence-corrected chi connectivity index (χ0v) is 17.3. The van der Waals surface area contributed by atoms with Crippen molar-refractivity contribution in [2.45, 2.75) is 20.0 Å². The highest BCUT2D eigenvalue weighted by Gasteiger charge is 2.12. The summed E-state index contributed by atoms with van der Waals surface area (Å²) in [6.07, 6.45) is 2.88. The summed E-state index contributed by atoms with van der Waals surface area (Å²) < 4.78 is 3.00. The molecule has 0 aliphatic carbocycles. The topological polar surface area (TPSA) is 125 Å². The van der Waals surface area contributed by atoms with Crippen LogP contribution in [0.15, 0.2) is 65.8 Å². The Hall–Kier alpha value is -4.34. The number of carbonyl (C=O) groups excluding carboxylic acids is 1. The minimum Gasteiger partial charge on any atom is -0.350 e. The number of nitro groups is 1. The molecule has 0 spiro atoms. The molecular weight excluding hydrogens is 412 g/mol. The molecule has 0 fully saturated rings. The van der Waals surface area contributed by atoms with E-state index in [1.54, 1.807) is 22.9 Å². The lowest BCUT2D eigenvalue weighted by molar-refractivity contribution is -0.384. The number of nitrogens with zero attached hydrogens (tertiary/aromatic N) is 5. The molecule has 10 nitrogen and oxygen atoms in total. The van der Waals surface area contributed by atoms with Gasteiger partial charge in [0, 0.05) is 24.2 Å². The van der Waals surface area contributed by atoms with Gasteiger partial charge in [0.15, 0.2) is 5.65 Å². The molecule has 1 N–H and O–H groups in total. The number of fused-ring (bicyclic) bond motifs is 1. The second kappa shape index (κ2) is 8.80. The maximum Gasteiger partial charge on any atom is 0.269 e. The number of hydrogen-bond donors (Lipinski definition) is 1. The number of non-ortho nitro benzene ring substituents is 1. The first-order chi connectivity index (χ1) is 15.4. The summed E-state index contributed by atoms with van der Waals surface area (Å²) in [5.74, 6) is -0.177. The molecule has 0 radical (unpaired) electrons. The van der Waals surface area contributed by atoms with Crippen LogP contribution in [0.25, 0.3) is 11.0 Å². The quantitative estimate of drug-likeness (QED) is 0.353. The summed E-state index contributed by atoms with van der Waals surface area (Å²) in [5.41, 5.74) is 2.49. The molecule has 1 amide bonds. The fourth-order valence-electron chi connectivity index (χ4n) is 3.36. The Morgan fingerprint density at radius 3 is 2.69 bits per heavy atom. The van der Waals surface area contributed by atoms with E-state index in [4.69, 9.17) is 0 Å². The van der Waals surface area contributed by atoms with Gasteiger partial charge in [-0.2, -0.15) is 5.10 Å². The Morgan fingerprint density at radius 2 is 1.97 bits per heavy atom. The van der Waals surface area contributed by atoms with Crippen LogP contribution in [0.5, 0.6) is 0 Å².